The molecule has 1 saturated heterocycles. The Balaban J connectivity index is 1.39. The van der Waals surface area contributed by atoms with Crippen LogP contribution in [0.25, 0.3) is 0 Å². The number of nitrogens with zero attached hydrogens (tertiary/aromatic N) is 4. The highest BCUT2D eigenvalue weighted by molar-refractivity contribution is 5.76. The third-order valence-corrected chi connectivity index (χ3v) is 4.80. The number of carbonyl (C=O) groups excluding carboxylic acids is 1. The van der Waals surface area contributed by atoms with Crippen molar-refractivity contribution >= 4 is 11.6 Å². The Hall–Kier alpha value is -2.37. The number of hydrogen-bond acceptors (Lipinski definition) is 4. The van der Waals surface area contributed by atoms with Crippen molar-refractivity contribution in [2.45, 2.75) is 51.6 Å². The predicted molar refractivity (Wildman–Crippen MR) is 98.5 cm³/mol. The molecular formula is C19H27N5O. The van der Waals surface area contributed by atoms with Crippen molar-refractivity contribution in [1.82, 2.24) is 20.1 Å². The number of anilines is 1. The molecule has 0 atom stereocenters. The zero-order chi connectivity index (χ0) is 17.5. The molecule has 2 heterocycles. The van der Waals surface area contributed by atoms with Crippen LogP contribution in [0.15, 0.2) is 36.9 Å². The van der Waals surface area contributed by atoms with Gasteiger partial charge < -0.3 is 10.2 Å². The average molecular weight is 341 g/mol. The van der Waals surface area contributed by atoms with E-state index >= 15 is 0 Å². The first-order valence-electron chi connectivity index (χ1n) is 9.20. The monoisotopic (exact) mass is 341 g/mol. The highest BCUT2D eigenvalue weighted by Crippen LogP contribution is 2.21. The second-order valence-corrected chi connectivity index (χ2v) is 6.61. The van der Waals surface area contributed by atoms with Crippen LogP contribution in [0.5, 0.6) is 0 Å². The molecule has 0 aliphatic carbocycles. The summed E-state index contributed by atoms with van der Waals surface area (Å²) in [4.78, 5) is 18.4. The smallest absolute Gasteiger partial charge is 0.220 e. The van der Waals surface area contributed by atoms with Gasteiger partial charge in [-0.2, -0.15) is 5.10 Å². The number of carbonyl (C=O) groups is 1. The van der Waals surface area contributed by atoms with Gasteiger partial charge >= 0.3 is 0 Å². The Bertz CT molecular complexity index is 662. The van der Waals surface area contributed by atoms with Gasteiger partial charge in [0.25, 0.3) is 0 Å². The summed E-state index contributed by atoms with van der Waals surface area (Å²) in [6.45, 7) is 4.91. The lowest BCUT2D eigenvalue weighted by molar-refractivity contribution is -0.122. The number of amides is 1. The molecule has 1 fully saturated rings. The SMILES string of the molecule is CCc1cccc(N2CCC(NC(=O)CCCn3cncn3)CC2)c1. The van der Waals surface area contributed by atoms with Crippen LogP contribution in [-0.2, 0) is 17.8 Å². The molecule has 134 valence electrons. The quantitative estimate of drug-likeness (QED) is 0.840. The van der Waals surface area contributed by atoms with E-state index in [1.165, 1.54) is 17.6 Å². The summed E-state index contributed by atoms with van der Waals surface area (Å²) >= 11 is 0. The third kappa shape index (κ3) is 5.05. The molecule has 2 aromatic rings. The Morgan fingerprint density at radius 1 is 1.32 bits per heavy atom. The molecule has 1 aliphatic rings. The maximum absolute atomic E-state index is 12.1. The van der Waals surface area contributed by atoms with Gasteiger partial charge in [0, 0.05) is 37.8 Å². The van der Waals surface area contributed by atoms with E-state index in [-0.39, 0.29) is 5.91 Å². The minimum atomic E-state index is 0.145. The normalized spacial score (nSPS) is 15.3. The number of rotatable bonds is 7. The van der Waals surface area contributed by atoms with Crippen LogP contribution >= 0.6 is 0 Å². The van der Waals surface area contributed by atoms with Gasteiger partial charge in [-0.25, -0.2) is 4.98 Å². The number of piperidine rings is 1. The first-order chi connectivity index (χ1) is 12.2. The molecule has 0 unspecified atom stereocenters. The minimum Gasteiger partial charge on any atom is -0.371 e. The predicted octanol–water partition coefficient (Wildman–Crippen LogP) is 2.41. The van der Waals surface area contributed by atoms with Crippen molar-refractivity contribution in [3.05, 3.63) is 42.5 Å². The maximum atomic E-state index is 12.1. The lowest BCUT2D eigenvalue weighted by atomic mass is 10.0. The van der Waals surface area contributed by atoms with Gasteiger partial charge in [0.2, 0.25) is 5.91 Å². The molecule has 1 aromatic heterocycles. The zero-order valence-corrected chi connectivity index (χ0v) is 14.9. The van der Waals surface area contributed by atoms with E-state index in [1.807, 2.05) is 0 Å². The first kappa shape index (κ1) is 17.5. The number of hydrogen-bond donors (Lipinski definition) is 1. The maximum Gasteiger partial charge on any atom is 0.220 e. The van der Waals surface area contributed by atoms with E-state index in [0.29, 0.717) is 12.5 Å². The Kier molecular flexibility index (Phi) is 6.04. The number of aromatic nitrogens is 3. The lowest BCUT2D eigenvalue weighted by Gasteiger charge is -2.34. The van der Waals surface area contributed by atoms with Crippen LogP contribution < -0.4 is 10.2 Å². The van der Waals surface area contributed by atoms with Gasteiger partial charge in [0.05, 0.1) is 0 Å². The van der Waals surface area contributed by atoms with E-state index in [9.17, 15) is 4.79 Å². The van der Waals surface area contributed by atoms with E-state index in [0.717, 1.165) is 45.3 Å². The van der Waals surface area contributed by atoms with Crippen molar-refractivity contribution in [3.63, 3.8) is 0 Å². The lowest BCUT2D eigenvalue weighted by Crippen LogP contribution is -2.44. The van der Waals surface area contributed by atoms with E-state index < -0.39 is 0 Å². The van der Waals surface area contributed by atoms with Crippen LogP contribution in [-0.4, -0.2) is 39.8 Å². The van der Waals surface area contributed by atoms with Crippen molar-refractivity contribution in [2.24, 2.45) is 0 Å². The molecule has 1 aromatic carbocycles. The molecular weight excluding hydrogens is 314 g/mol. The fraction of sp³-hybridized carbons (Fsp3) is 0.526. The molecule has 1 N–H and O–H groups in total. The molecule has 0 radical (unpaired) electrons. The Morgan fingerprint density at radius 3 is 2.88 bits per heavy atom. The average Bonchev–Trinajstić information content (AvgIpc) is 3.16. The van der Waals surface area contributed by atoms with E-state index in [1.54, 1.807) is 11.0 Å². The fourth-order valence-corrected chi connectivity index (χ4v) is 3.30. The van der Waals surface area contributed by atoms with Crippen molar-refractivity contribution < 1.29 is 4.79 Å². The van der Waals surface area contributed by atoms with Crippen LogP contribution in [0.2, 0.25) is 0 Å². The van der Waals surface area contributed by atoms with Gasteiger partial charge in [-0.15, -0.1) is 0 Å². The number of aryl methyl sites for hydroxylation is 2. The van der Waals surface area contributed by atoms with Crippen molar-refractivity contribution in [3.8, 4) is 0 Å². The Labute approximate surface area is 149 Å². The van der Waals surface area contributed by atoms with Gasteiger partial charge in [-0.05, 0) is 43.4 Å². The van der Waals surface area contributed by atoms with Crippen LogP contribution in [0.4, 0.5) is 5.69 Å². The first-order valence-corrected chi connectivity index (χ1v) is 9.20. The molecule has 0 saturated carbocycles. The molecule has 3 rings (SSSR count). The molecule has 1 aliphatic heterocycles. The van der Waals surface area contributed by atoms with Gasteiger partial charge in [0.15, 0.2) is 0 Å². The van der Waals surface area contributed by atoms with E-state index in [2.05, 4.69) is 51.5 Å². The van der Waals surface area contributed by atoms with Crippen molar-refractivity contribution in [1.29, 1.82) is 0 Å². The van der Waals surface area contributed by atoms with Gasteiger partial charge in [-0.3, -0.25) is 9.48 Å². The zero-order valence-electron chi connectivity index (χ0n) is 14.9. The second kappa shape index (κ2) is 8.65. The standard InChI is InChI=1S/C19H27N5O/c1-2-16-5-3-6-18(13-16)23-11-8-17(9-12-23)22-19(25)7-4-10-24-15-20-14-21-24/h3,5-6,13-15,17H,2,4,7-12H2,1H3,(H,22,25). The molecule has 0 spiro atoms. The fourth-order valence-electron chi connectivity index (χ4n) is 3.30. The summed E-state index contributed by atoms with van der Waals surface area (Å²) in [5.74, 6) is 0.145. The highest BCUT2D eigenvalue weighted by atomic mass is 16.1. The summed E-state index contributed by atoms with van der Waals surface area (Å²) in [5.41, 5.74) is 2.68. The van der Waals surface area contributed by atoms with Crippen LogP contribution in [0.3, 0.4) is 0 Å². The minimum absolute atomic E-state index is 0.145. The van der Waals surface area contributed by atoms with Gasteiger partial charge in [0.1, 0.15) is 12.7 Å². The molecule has 0 bridgehead atoms. The summed E-state index contributed by atoms with van der Waals surface area (Å²) in [6.07, 6.45) is 7.60. The summed E-state index contributed by atoms with van der Waals surface area (Å²) in [5, 5.41) is 7.23. The number of nitrogens with one attached hydrogen (secondary N) is 1. The van der Waals surface area contributed by atoms with Gasteiger partial charge in [-0.1, -0.05) is 19.1 Å². The summed E-state index contributed by atoms with van der Waals surface area (Å²) in [7, 11) is 0. The van der Waals surface area contributed by atoms with E-state index in [4.69, 9.17) is 0 Å². The number of benzene rings is 1. The largest absolute Gasteiger partial charge is 0.371 e. The summed E-state index contributed by atoms with van der Waals surface area (Å²) in [6, 6.07) is 9.07. The molecule has 1 amide bonds. The summed E-state index contributed by atoms with van der Waals surface area (Å²) < 4.78 is 1.76. The van der Waals surface area contributed by atoms with Crippen molar-refractivity contribution in [2.75, 3.05) is 18.0 Å². The second-order valence-electron chi connectivity index (χ2n) is 6.61. The Morgan fingerprint density at radius 2 is 2.16 bits per heavy atom. The molecule has 6 nitrogen and oxygen atoms in total. The van der Waals surface area contributed by atoms with Crippen LogP contribution in [0.1, 0.15) is 38.2 Å². The highest BCUT2D eigenvalue weighted by Gasteiger charge is 2.20. The topological polar surface area (TPSA) is 63.1 Å². The third-order valence-electron chi connectivity index (χ3n) is 4.80. The van der Waals surface area contributed by atoms with Crippen LogP contribution in [0, 0.1) is 0 Å². The molecule has 6 heteroatoms. The molecule has 25 heavy (non-hydrogen) atoms.